The van der Waals surface area contributed by atoms with Gasteiger partial charge in [-0.15, -0.1) is 0 Å². The molecule has 0 saturated carbocycles. The first-order chi connectivity index (χ1) is 13.0. The predicted molar refractivity (Wildman–Crippen MR) is 112 cm³/mol. The highest BCUT2D eigenvalue weighted by molar-refractivity contribution is 6.35. The highest BCUT2D eigenvalue weighted by atomic mass is 35.5. The van der Waals surface area contributed by atoms with Crippen LogP contribution in [-0.4, -0.2) is 19.0 Å². The Hall–Kier alpha value is -2.43. The van der Waals surface area contributed by atoms with E-state index in [2.05, 4.69) is 24.1 Å². The molecule has 0 aliphatic heterocycles. The SMILES string of the molecule is CCN(CC)c1ccc(NC(=O)c2ccc(-c3cc(Cl)ccc3Cl)o2)cc1. The second kappa shape index (κ2) is 8.51. The summed E-state index contributed by atoms with van der Waals surface area (Å²) in [5, 5.41) is 3.89. The van der Waals surface area contributed by atoms with Gasteiger partial charge in [0.2, 0.25) is 0 Å². The number of anilines is 2. The van der Waals surface area contributed by atoms with Gasteiger partial charge in [0, 0.05) is 35.1 Å². The number of carbonyl (C=O) groups is 1. The van der Waals surface area contributed by atoms with Crippen LogP contribution in [0.25, 0.3) is 11.3 Å². The van der Waals surface area contributed by atoms with E-state index in [0.717, 1.165) is 18.8 Å². The molecule has 3 rings (SSSR count). The van der Waals surface area contributed by atoms with E-state index in [-0.39, 0.29) is 11.7 Å². The zero-order chi connectivity index (χ0) is 19.4. The van der Waals surface area contributed by atoms with Crippen molar-refractivity contribution in [3.05, 3.63) is 70.4 Å². The standard InChI is InChI=1S/C21H20Cl2N2O2/c1-3-25(4-2)16-8-6-15(7-9-16)24-21(26)20-12-11-19(27-20)17-13-14(22)5-10-18(17)23/h5-13H,3-4H2,1-2H3,(H,24,26). The molecule has 0 aliphatic rings. The van der Waals surface area contributed by atoms with Crippen LogP contribution in [-0.2, 0) is 0 Å². The molecule has 4 nitrogen and oxygen atoms in total. The van der Waals surface area contributed by atoms with Gasteiger partial charge in [0.25, 0.3) is 5.91 Å². The number of halogens is 2. The van der Waals surface area contributed by atoms with Gasteiger partial charge >= 0.3 is 0 Å². The van der Waals surface area contributed by atoms with E-state index in [1.807, 2.05) is 24.3 Å². The fourth-order valence-corrected chi connectivity index (χ4v) is 3.21. The molecular formula is C21H20Cl2N2O2. The summed E-state index contributed by atoms with van der Waals surface area (Å²) in [7, 11) is 0. The van der Waals surface area contributed by atoms with Crippen molar-refractivity contribution in [2.75, 3.05) is 23.3 Å². The summed E-state index contributed by atoms with van der Waals surface area (Å²) < 4.78 is 5.67. The number of carbonyl (C=O) groups excluding carboxylic acids is 1. The lowest BCUT2D eigenvalue weighted by atomic mass is 10.2. The molecule has 0 unspecified atom stereocenters. The first kappa shape index (κ1) is 19.3. The first-order valence-electron chi connectivity index (χ1n) is 8.73. The molecule has 0 saturated heterocycles. The molecule has 1 N–H and O–H groups in total. The van der Waals surface area contributed by atoms with E-state index in [0.29, 0.717) is 27.1 Å². The van der Waals surface area contributed by atoms with Gasteiger partial charge in [0.05, 0.1) is 5.02 Å². The molecule has 1 amide bonds. The number of benzene rings is 2. The third-order valence-electron chi connectivity index (χ3n) is 4.28. The van der Waals surface area contributed by atoms with E-state index in [9.17, 15) is 4.79 Å². The molecule has 0 fully saturated rings. The molecule has 0 bridgehead atoms. The molecule has 27 heavy (non-hydrogen) atoms. The number of amides is 1. The van der Waals surface area contributed by atoms with Crippen LogP contribution in [0.1, 0.15) is 24.4 Å². The van der Waals surface area contributed by atoms with Gasteiger partial charge in [-0.25, -0.2) is 0 Å². The number of hydrogen-bond donors (Lipinski definition) is 1. The van der Waals surface area contributed by atoms with Gasteiger partial charge in [0.15, 0.2) is 5.76 Å². The zero-order valence-electron chi connectivity index (χ0n) is 15.1. The second-order valence-corrected chi connectivity index (χ2v) is 6.80. The maximum absolute atomic E-state index is 12.5. The number of nitrogens with one attached hydrogen (secondary N) is 1. The fourth-order valence-electron chi connectivity index (χ4n) is 2.83. The van der Waals surface area contributed by atoms with Crippen LogP contribution >= 0.6 is 23.2 Å². The molecular weight excluding hydrogens is 383 g/mol. The molecule has 2 aromatic carbocycles. The topological polar surface area (TPSA) is 45.5 Å². The van der Waals surface area contributed by atoms with Crippen LogP contribution in [0, 0.1) is 0 Å². The van der Waals surface area contributed by atoms with Crippen LogP contribution < -0.4 is 10.2 Å². The van der Waals surface area contributed by atoms with Gasteiger partial charge in [0.1, 0.15) is 5.76 Å². The number of hydrogen-bond acceptors (Lipinski definition) is 3. The zero-order valence-corrected chi connectivity index (χ0v) is 16.6. The Morgan fingerprint density at radius 2 is 1.70 bits per heavy atom. The van der Waals surface area contributed by atoms with E-state index in [1.54, 1.807) is 30.3 Å². The average molecular weight is 403 g/mol. The summed E-state index contributed by atoms with van der Waals surface area (Å²) in [4.78, 5) is 14.7. The fraction of sp³-hybridized carbons (Fsp3) is 0.190. The molecule has 140 valence electrons. The van der Waals surface area contributed by atoms with Crippen LogP contribution in [0.4, 0.5) is 11.4 Å². The first-order valence-corrected chi connectivity index (χ1v) is 9.49. The number of nitrogens with zero attached hydrogens (tertiary/aromatic N) is 1. The Morgan fingerprint density at radius 1 is 1.00 bits per heavy atom. The summed E-state index contributed by atoms with van der Waals surface area (Å²) in [6.45, 7) is 6.09. The quantitative estimate of drug-likeness (QED) is 0.522. The van der Waals surface area contributed by atoms with Crippen molar-refractivity contribution in [1.82, 2.24) is 0 Å². The molecule has 0 atom stereocenters. The minimum atomic E-state index is -0.324. The maximum Gasteiger partial charge on any atom is 0.291 e. The van der Waals surface area contributed by atoms with Gasteiger partial charge < -0.3 is 14.6 Å². The minimum Gasteiger partial charge on any atom is -0.451 e. The summed E-state index contributed by atoms with van der Waals surface area (Å²) in [5.41, 5.74) is 2.47. The Kier molecular flexibility index (Phi) is 6.09. The van der Waals surface area contributed by atoms with Crippen molar-refractivity contribution in [2.24, 2.45) is 0 Å². The Bertz CT molecular complexity index is 932. The van der Waals surface area contributed by atoms with Gasteiger partial charge in [-0.05, 0) is 68.4 Å². The van der Waals surface area contributed by atoms with Crippen molar-refractivity contribution >= 4 is 40.5 Å². The Morgan fingerprint density at radius 3 is 2.37 bits per heavy atom. The molecule has 0 radical (unpaired) electrons. The van der Waals surface area contributed by atoms with Crippen LogP contribution in [0.15, 0.2) is 59.0 Å². The summed E-state index contributed by atoms with van der Waals surface area (Å²) >= 11 is 12.2. The van der Waals surface area contributed by atoms with Crippen LogP contribution in [0.5, 0.6) is 0 Å². The summed E-state index contributed by atoms with van der Waals surface area (Å²) in [6, 6.07) is 16.2. The molecule has 1 heterocycles. The summed E-state index contributed by atoms with van der Waals surface area (Å²) in [6.07, 6.45) is 0. The number of rotatable bonds is 6. The van der Waals surface area contributed by atoms with E-state index in [1.165, 1.54) is 0 Å². The highest BCUT2D eigenvalue weighted by Crippen LogP contribution is 2.32. The second-order valence-electron chi connectivity index (χ2n) is 5.96. The third-order valence-corrected chi connectivity index (χ3v) is 4.84. The lowest BCUT2D eigenvalue weighted by Crippen LogP contribution is -2.21. The van der Waals surface area contributed by atoms with Crippen molar-refractivity contribution in [2.45, 2.75) is 13.8 Å². The maximum atomic E-state index is 12.5. The predicted octanol–water partition coefficient (Wildman–Crippen LogP) is 6.35. The summed E-state index contributed by atoms with van der Waals surface area (Å²) in [5.74, 6) is 0.369. The Labute approximate surface area is 168 Å². The Balaban J connectivity index is 1.74. The normalized spacial score (nSPS) is 10.7. The van der Waals surface area contributed by atoms with Crippen molar-refractivity contribution in [3.8, 4) is 11.3 Å². The monoisotopic (exact) mass is 402 g/mol. The van der Waals surface area contributed by atoms with Crippen LogP contribution in [0.2, 0.25) is 10.0 Å². The minimum absolute atomic E-state index is 0.203. The molecule has 6 heteroatoms. The van der Waals surface area contributed by atoms with Crippen molar-refractivity contribution in [3.63, 3.8) is 0 Å². The van der Waals surface area contributed by atoms with Gasteiger partial charge in [-0.2, -0.15) is 0 Å². The smallest absolute Gasteiger partial charge is 0.291 e. The lowest BCUT2D eigenvalue weighted by molar-refractivity contribution is 0.0997. The van der Waals surface area contributed by atoms with Gasteiger partial charge in [-0.1, -0.05) is 23.2 Å². The molecule has 1 aromatic heterocycles. The molecule has 0 aliphatic carbocycles. The largest absolute Gasteiger partial charge is 0.451 e. The van der Waals surface area contributed by atoms with Gasteiger partial charge in [-0.3, -0.25) is 4.79 Å². The molecule has 0 spiro atoms. The van der Waals surface area contributed by atoms with E-state index < -0.39 is 0 Å². The molecule has 3 aromatic rings. The van der Waals surface area contributed by atoms with Crippen LogP contribution in [0.3, 0.4) is 0 Å². The van der Waals surface area contributed by atoms with Crippen molar-refractivity contribution < 1.29 is 9.21 Å². The van der Waals surface area contributed by atoms with E-state index >= 15 is 0 Å². The highest BCUT2D eigenvalue weighted by Gasteiger charge is 2.15. The lowest BCUT2D eigenvalue weighted by Gasteiger charge is -2.21. The average Bonchev–Trinajstić information content (AvgIpc) is 3.16. The van der Waals surface area contributed by atoms with E-state index in [4.69, 9.17) is 27.6 Å². The third kappa shape index (κ3) is 4.46. The van der Waals surface area contributed by atoms with Crippen molar-refractivity contribution in [1.29, 1.82) is 0 Å². The number of furan rings is 1.